The predicted molar refractivity (Wildman–Crippen MR) is 124 cm³/mol. The van der Waals surface area contributed by atoms with Gasteiger partial charge >= 0.3 is 6.03 Å². The van der Waals surface area contributed by atoms with E-state index in [9.17, 15) is 9.59 Å². The Kier molecular flexibility index (Phi) is 5.42. The number of nitrogens with one attached hydrogen (secondary N) is 1. The lowest BCUT2D eigenvalue weighted by Crippen LogP contribution is -2.48. The molecule has 0 spiro atoms. The van der Waals surface area contributed by atoms with E-state index < -0.39 is 0 Å². The molecule has 8 nitrogen and oxygen atoms in total. The van der Waals surface area contributed by atoms with Gasteiger partial charge in [-0.15, -0.1) is 11.3 Å². The highest BCUT2D eigenvalue weighted by molar-refractivity contribution is 7.12. The van der Waals surface area contributed by atoms with E-state index in [1.807, 2.05) is 46.7 Å². The van der Waals surface area contributed by atoms with Gasteiger partial charge in [-0.3, -0.25) is 4.79 Å². The SMILES string of the molecule is CN1CCN(C(=O)Nc2cccc(-c3ccnc4c(C(=O)c5cccs5)cnn34)c2)CC1. The Morgan fingerprint density at radius 2 is 1.91 bits per heavy atom. The number of anilines is 1. The lowest BCUT2D eigenvalue weighted by atomic mass is 10.1. The predicted octanol–water partition coefficient (Wildman–Crippen LogP) is 3.47. The summed E-state index contributed by atoms with van der Waals surface area (Å²) in [6, 6.07) is 13.0. The van der Waals surface area contributed by atoms with Crippen molar-refractivity contribution in [2.75, 3.05) is 38.5 Å². The van der Waals surface area contributed by atoms with Crippen LogP contribution in [-0.4, -0.2) is 69.4 Å². The van der Waals surface area contributed by atoms with Crippen LogP contribution in [0.15, 0.2) is 60.2 Å². The van der Waals surface area contributed by atoms with Crippen LogP contribution in [0.4, 0.5) is 10.5 Å². The van der Waals surface area contributed by atoms with Crippen molar-refractivity contribution in [3.8, 4) is 11.3 Å². The lowest BCUT2D eigenvalue weighted by Gasteiger charge is -2.32. The molecule has 0 radical (unpaired) electrons. The van der Waals surface area contributed by atoms with Crippen LogP contribution in [-0.2, 0) is 0 Å². The largest absolute Gasteiger partial charge is 0.322 e. The second kappa shape index (κ2) is 8.52. The van der Waals surface area contributed by atoms with Crippen LogP contribution >= 0.6 is 11.3 Å². The standard InChI is InChI=1S/C23H22N6O2S/c1-27-9-11-28(12-10-27)23(31)26-17-5-2-4-16(14-17)19-7-8-24-22-18(15-25-29(19)22)21(30)20-6-3-13-32-20/h2-8,13-15H,9-12H2,1H3,(H,26,31). The molecule has 32 heavy (non-hydrogen) atoms. The second-order valence-electron chi connectivity index (χ2n) is 7.73. The minimum atomic E-state index is -0.0990. The quantitative estimate of drug-likeness (QED) is 0.486. The number of hydrogen-bond donors (Lipinski definition) is 1. The summed E-state index contributed by atoms with van der Waals surface area (Å²) in [5.41, 5.74) is 3.34. The molecule has 0 bridgehead atoms. The maximum absolute atomic E-state index is 12.8. The fourth-order valence-electron chi connectivity index (χ4n) is 3.78. The van der Waals surface area contributed by atoms with Crippen molar-refractivity contribution in [2.45, 2.75) is 0 Å². The van der Waals surface area contributed by atoms with Gasteiger partial charge in [-0.1, -0.05) is 18.2 Å². The van der Waals surface area contributed by atoms with Crippen molar-refractivity contribution in [1.29, 1.82) is 0 Å². The Morgan fingerprint density at radius 1 is 1.06 bits per heavy atom. The molecule has 1 fully saturated rings. The monoisotopic (exact) mass is 446 g/mol. The third-order valence-corrected chi connectivity index (χ3v) is 6.46. The van der Waals surface area contributed by atoms with E-state index in [0.29, 0.717) is 34.9 Å². The molecule has 1 aromatic carbocycles. The van der Waals surface area contributed by atoms with Gasteiger partial charge in [0.25, 0.3) is 0 Å². The van der Waals surface area contributed by atoms with E-state index in [-0.39, 0.29) is 11.8 Å². The van der Waals surface area contributed by atoms with Crippen molar-refractivity contribution >= 4 is 34.5 Å². The minimum Gasteiger partial charge on any atom is -0.322 e. The summed E-state index contributed by atoms with van der Waals surface area (Å²) in [7, 11) is 2.06. The third-order valence-electron chi connectivity index (χ3n) is 5.59. The van der Waals surface area contributed by atoms with Crippen molar-refractivity contribution in [3.63, 3.8) is 0 Å². The number of thiophene rings is 1. The van der Waals surface area contributed by atoms with E-state index in [1.54, 1.807) is 23.0 Å². The van der Waals surface area contributed by atoms with E-state index in [4.69, 9.17) is 0 Å². The van der Waals surface area contributed by atoms with Gasteiger partial charge in [0.1, 0.15) is 0 Å². The number of rotatable bonds is 4. The molecule has 4 heterocycles. The number of carbonyl (C=O) groups is 2. The number of piperazine rings is 1. The molecular weight excluding hydrogens is 424 g/mol. The second-order valence-corrected chi connectivity index (χ2v) is 8.68. The molecule has 0 unspecified atom stereocenters. The zero-order chi connectivity index (χ0) is 22.1. The van der Waals surface area contributed by atoms with Crippen molar-refractivity contribution in [3.05, 3.63) is 70.7 Å². The summed E-state index contributed by atoms with van der Waals surface area (Å²) in [4.78, 5) is 34.6. The molecule has 4 aromatic rings. The molecule has 9 heteroatoms. The Morgan fingerprint density at radius 3 is 2.69 bits per heavy atom. The van der Waals surface area contributed by atoms with Crippen molar-refractivity contribution < 1.29 is 9.59 Å². The van der Waals surface area contributed by atoms with Crippen LogP contribution < -0.4 is 5.32 Å². The summed E-state index contributed by atoms with van der Waals surface area (Å²) in [6.07, 6.45) is 3.24. The number of ketones is 1. The fraction of sp³-hybridized carbons (Fsp3) is 0.217. The van der Waals surface area contributed by atoms with Gasteiger partial charge in [0.05, 0.1) is 22.3 Å². The molecule has 3 aromatic heterocycles. The molecule has 0 atom stereocenters. The van der Waals surface area contributed by atoms with Crippen molar-refractivity contribution in [2.24, 2.45) is 0 Å². The summed E-state index contributed by atoms with van der Waals surface area (Å²) in [6.45, 7) is 3.16. The van der Waals surface area contributed by atoms with Crippen LogP contribution in [0.2, 0.25) is 0 Å². The first-order chi connectivity index (χ1) is 15.6. The first-order valence-corrected chi connectivity index (χ1v) is 11.2. The summed E-state index contributed by atoms with van der Waals surface area (Å²) in [5.74, 6) is -0.0900. The van der Waals surface area contributed by atoms with E-state index in [1.165, 1.54) is 11.3 Å². The molecular formula is C23H22N6O2S. The Bertz CT molecular complexity index is 1270. The highest BCUT2D eigenvalue weighted by Gasteiger charge is 2.20. The Labute approximate surface area is 189 Å². The van der Waals surface area contributed by atoms with Crippen LogP contribution in [0.5, 0.6) is 0 Å². The first kappa shape index (κ1) is 20.3. The number of likely N-dealkylation sites (N-methyl/N-ethyl adjacent to an activating group) is 1. The van der Waals surface area contributed by atoms with Crippen LogP contribution in [0.25, 0.3) is 16.9 Å². The number of amides is 2. The molecule has 1 aliphatic rings. The highest BCUT2D eigenvalue weighted by Crippen LogP contribution is 2.25. The van der Waals surface area contributed by atoms with Crippen molar-refractivity contribution in [1.82, 2.24) is 24.4 Å². The zero-order valence-electron chi connectivity index (χ0n) is 17.6. The third kappa shape index (κ3) is 3.88. The minimum absolute atomic E-state index is 0.0900. The number of nitrogens with zero attached hydrogens (tertiary/aromatic N) is 5. The molecule has 2 amide bonds. The zero-order valence-corrected chi connectivity index (χ0v) is 18.4. The topological polar surface area (TPSA) is 82.8 Å². The van der Waals surface area contributed by atoms with Gasteiger partial charge < -0.3 is 15.1 Å². The van der Waals surface area contributed by atoms with Crippen LogP contribution in [0.1, 0.15) is 15.2 Å². The van der Waals surface area contributed by atoms with Gasteiger partial charge in [0.2, 0.25) is 5.78 Å². The lowest BCUT2D eigenvalue weighted by molar-refractivity contribution is 0.104. The van der Waals surface area contributed by atoms with Gasteiger partial charge in [0, 0.05) is 43.6 Å². The summed E-state index contributed by atoms with van der Waals surface area (Å²) in [5, 5.41) is 9.31. The molecule has 0 aliphatic carbocycles. The molecule has 0 saturated carbocycles. The van der Waals surface area contributed by atoms with E-state index in [2.05, 4.69) is 27.3 Å². The Hall–Kier alpha value is -3.56. The van der Waals surface area contributed by atoms with Gasteiger partial charge in [-0.05, 0) is 36.7 Å². The molecule has 5 rings (SSSR count). The van der Waals surface area contributed by atoms with Gasteiger partial charge in [0.15, 0.2) is 5.65 Å². The number of fused-ring (bicyclic) bond motifs is 1. The number of aromatic nitrogens is 3. The highest BCUT2D eigenvalue weighted by atomic mass is 32.1. The van der Waals surface area contributed by atoms with Gasteiger partial charge in [-0.25, -0.2) is 14.3 Å². The molecule has 1 aliphatic heterocycles. The average Bonchev–Trinajstić information content (AvgIpc) is 3.49. The first-order valence-electron chi connectivity index (χ1n) is 10.4. The summed E-state index contributed by atoms with van der Waals surface area (Å²) >= 11 is 1.40. The Balaban J connectivity index is 1.42. The molecule has 1 saturated heterocycles. The average molecular weight is 447 g/mol. The number of carbonyl (C=O) groups excluding carboxylic acids is 2. The smallest absolute Gasteiger partial charge is 0.321 e. The number of urea groups is 1. The maximum Gasteiger partial charge on any atom is 0.321 e. The van der Waals surface area contributed by atoms with E-state index >= 15 is 0 Å². The van der Waals surface area contributed by atoms with Crippen LogP contribution in [0, 0.1) is 0 Å². The normalized spacial score (nSPS) is 14.6. The van der Waals surface area contributed by atoms with Gasteiger partial charge in [-0.2, -0.15) is 5.10 Å². The summed E-state index contributed by atoms with van der Waals surface area (Å²) < 4.78 is 1.67. The maximum atomic E-state index is 12.8. The number of benzene rings is 1. The fourth-order valence-corrected chi connectivity index (χ4v) is 4.46. The van der Waals surface area contributed by atoms with Crippen LogP contribution in [0.3, 0.4) is 0 Å². The number of hydrogen-bond acceptors (Lipinski definition) is 6. The van der Waals surface area contributed by atoms with E-state index in [0.717, 1.165) is 24.3 Å². The molecule has 1 N–H and O–H groups in total. The molecule has 162 valence electrons.